The second kappa shape index (κ2) is 21.9. The van der Waals surface area contributed by atoms with Gasteiger partial charge in [0.25, 0.3) is 5.91 Å². The van der Waals surface area contributed by atoms with Gasteiger partial charge in [-0.05, 0) is 108 Å². The number of unbranched alkanes of at least 4 members (excludes halogenated alkanes) is 5. The van der Waals surface area contributed by atoms with Crippen molar-refractivity contribution >= 4 is 5.91 Å². The summed E-state index contributed by atoms with van der Waals surface area (Å²) < 4.78 is 31.7. The Labute approximate surface area is 292 Å². The van der Waals surface area contributed by atoms with E-state index in [1.54, 1.807) is 12.1 Å². The van der Waals surface area contributed by atoms with Crippen molar-refractivity contribution in [3.8, 4) is 0 Å². The first-order valence-electron chi connectivity index (χ1n) is 18.9. The van der Waals surface area contributed by atoms with Crippen molar-refractivity contribution in [1.29, 1.82) is 0 Å². The quantitative estimate of drug-likeness (QED) is 0.101. The minimum Gasteiger partial charge on any atom is -0.459 e. The second-order valence-corrected chi connectivity index (χ2v) is 13.6. The molecule has 0 unspecified atom stereocenters. The first-order chi connectivity index (χ1) is 24.2. The predicted octanol–water partition coefficient (Wildman–Crippen LogP) is 7.98. The topological polar surface area (TPSA) is 110 Å². The molecule has 2 aliphatic rings. The average molecular weight is 679 g/mol. The van der Waals surface area contributed by atoms with Crippen LogP contribution in [0.1, 0.15) is 131 Å². The maximum Gasteiger partial charge on any atom is 0.286 e. The number of hydrogen-bond acceptors (Lipinski definition) is 8. The Morgan fingerprint density at radius 1 is 0.776 bits per heavy atom. The Morgan fingerprint density at radius 3 is 2.29 bits per heavy atom. The van der Waals surface area contributed by atoms with Crippen molar-refractivity contribution < 1.29 is 28.2 Å². The van der Waals surface area contributed by atoms with E-state index in [2.05, 4.69) is 46.1 Å². The number of benzene rings is 1. The fourth-order valence-corrected chi connectivity index (χ4v) is 6.81. The molecule has 5 rings (SSSR count). The van der Waals surface area contributed by atoms with Crippen LogP contribution in [0, 0.1) is 0 Å². The molecule has 1 N–H and O–H groups in total. The van der Waals surface area contributed by atoms with Crippen LogP contribution in [0.2, 0.25) is 0 Å². The van der Waals surface area contributed by atoms with E-state index in [0.717, 1.165) is 122 Å². The third-order valence-electron chi connectivity index (χ3n) is 9.55. The molecule has 2 fully saturated rings. The zero-order chi connectivity index (χ0) is 33.8. The molecule has 49 heavy (non-hydrogen) atoms. The van der Waals surface area contributed by atoms with Gasteiger partial charge in [0.15, 0.2) is 5.76 Å². The molecule has 0 spiro atoms. The summed E-state index contributed by atoms with van der Waals surface area (Å²) in [6.45, 7) is 4.51. The van der Waals surface area contributed by atoms with Gasteiger partial charge < -0.3 is 28.7 Å². The van der Waals surface area contributed by atoms with Crippen LogP contribution in [0.5, 0.6) is 0 Å². The Kier molecular flexibility index (Phi) is 16.6. The lowest BCUT2D eigenvalue weighted by atomic mass is 9.99. The molecule has 0 bridgehead atoms. The number of hydrogen-bond donors (Lipinski definition) is 1. The summed E-state index contributed by atoms with van der Waals surface area (Å²) >= 11 is 0. The van der Waals surface area contributed by atoms with E-state index in [9.17, 15) is 4.79 Å². The molecule has 2 aliphatic heterocycles. The molecule has 4 atom stereocenters. The summed E-state index contributed by atoms with van der Waals surface area (Å²) in [5.74, 6) is 0.223. The lowest BCUT2D eigenvalue weighted by molar-refractivity contribution is -0.0630. The molecule has 1 aromatic carbocycles. The van der Waals surface area contributed by atoms with Crippen LogP contribution in [0.4, 0.5) is 0 Å². The highest BCUT2D eigenvalue weighted by Crippen LogP contribution is 2.32. The van der Waals surface area contributed by atoms with Gasteiger partial charge in [-0.2, -0.15) is 0 Å². The third-order valence-corrected chi connectivity index (χ3v) is 9.55. The first kappa shape index (κ1) is 37.2. The fraction of sp³-hybridized carbons (Fsp3) is 0.667. The number of amides is 1. The van der Waals surface area contributed by atoms with Gasteiger partial charge in [0.05, 0.1) is 43.9 Å². The molecule has 0 aliphatic carbocycles. The third kappa shape index (κ3) is 14.0. The van der Waals surface area contributed by atoms with E-state index < -0.39 is 0 Å². The highest BCUT2D eigenvalue weighted by molar-refractivity contribution is 5.91. The minimum atomic E-state index is -0.144. The molecule has 3 aromatic rings. The highest BCUT2D eigenvalue weighted by Gasteiger charge is 2.27. The number of nitrogens with zero attached hydrogens (tertiary/aromatic N) is 3. The molecule has 4 heterocycles. The van der Waals surface area contributed by atoms with Gasteiger partial charge in [0.1, 0.15) is 11.8 Å². The Hall–Kier alpha value is -3.05. The summed E-state index contributed by atoms with van der Waals surface area (Å²) in [6.07, 6.45) is 21.9. The molecule has 2 saturated heterocycles. The van der Waals surface area contributed by atoms with Crippen LogP contribution in [-0.4, -0.2) is 65.6 Å². The van der Waals surface area contributed by atoms with Crippen molar-refractivity contribution in [3.05, 3.63) is 71.9 Å². The van der Waals surface area contributed by atoms with E-state index in [4.69, 9.17) is 23.4 Å². The Balaban J connectivity index is 0.860. The molecular weight excluding hydrogens is 620 g/mol. The predicted molar refractivity (Wildman–Crippen MR) is 188 cm³/mol. The molecular formula is C39H58N4O6. The smallest absolute Gasteiger partial charge is 0.286 e. The minimum absolute atomic E-state index is 0.0385. The van der Waals surface area contributed by atoms with E-state index in [-0.39, 0.29) is 24.2 Å². The molecule has 270 valence electrons. The standard InChI is InChI=1S/C39H58N4O6/c44-39(38-23-14-28-47-38)40-24-8-1-2-9-25-45-26-10-6-17-33-19-12-21-35(48-33)29-43-30-36(41-42-43)37-22-13-20-34(49-37)18-7-11-27-46-31-32-15-4-3-5-16-32/h3-5,14-16,23,28,30,33-35,37H,1-2,6-13,17-22,24-27,29,31H2,(H,40,44)/t33-,34-,35-,37-/m0/s1. The maximum atomic E-state index is 11.8. The first-order valence-corrected chi connectivity index (χ1v) is 18.9. The Morgan fingerprint density at radius 2 is 1.49 bits per heavy atom. The molecule has 10 nitrogen and oxygen atoms in total. The van der Waals surface area contributed by atoms with Crippen molar-refractivity contribution in [1.82, 2.24) is 20.3 Å². The van der Waals surface area contributed by atoms with E-state index in [1.807, 2.05) is 10.7 Å². The molecule has 1 amide bonds. The van der Waals surface area contributed by atoms with E-state index in [0.29, 0.717) is 25.0 Å². The zero-order valence-corrected chi connectivity index (χ0v) is 29.4. The lowest BCUT2D eigenvalue weighted by Gasteiger charge is -2.30. The van der Waals surface area contributed by atoms with Crippen LogP contribution in [0.3, 0.4) is 0 Å². The van der Waals surface area contributed by atoms with Gasteiger partial charge >= 0.3 is 0 Å². The van der Waals surface area contributed by atoms with Crippen molar-refractivity contribution in [2.45, 2.75) is 140 Å². The molecule has 0 saturated carbocycles. The highest BCUT2D eigenvalue weighted by atomic mass is 16.5. The summed E-state index contributed by atoms with van der Waals surface area (Å²) in [5, 5.41) is 11.9. The lowest BCUT2D eigenvalue weighted by Crippen LogP contribution is -2.31. The number of furan rings is 1. The van der Waals surface area contributed by atoms with Gasteiger partial charge in [-0.25, -0.2) is 4.68 Å². The summed E-state index contributed by atoms with van der Waals surface area (Å²) in [4.78, 5) is 11.8. The van der Waals surface area contributed by atoms with Gasteiger partial charge in [-0.3, -0.25) is 4.79 Å². The van der Waals surface area contributed by atoms with Gasteiger partial charge in [-0.1, -0.05) is 48.4 Å². The van der Waals surface area contributed by atoms with Gasteiger partial charge in [-0.15, -0.1) is 5.10 Å². The normalized spacial score (nSPS) is 21.1. The largest absolute Gasteiger partial charge is 0.459 e. The SMILES string of the molecule is O=C(NCCCCCCOCCCC[C@H]1CCC[C@@H](Cn2cc([C@@H]3CCC[C@H](CCCCOCc4ccccc4)O3)nn2)O1)c1ccco1. The van der Waals surface area contributed by atoms with Crippen LogP contribution in [0.25, 0.3) is 0 Å². The van der Waals surface area contributed by atoms with E-state index in [1.165, 1.54) is 24.7 Å². The van der Waals surface area contributed by atoms with Crippen molar-refractivity contribution in [2.24, 2.45) is 0 Å². The van der Waals surface area contributed by atoms with Gasteiger partial charge in [0, 0.05) is 26.4 Å². The maximum absolute atomic E-state index is 11.8. The van der Waals surface area contributed by atoms with Gasteiger partial charge in [0.2, 0.25) is 0 Å². The number of aromatic nitrogens is 3. The van der Waals surface area contributed by atoms with Crippen LogP contribution in [-0.2, 0) is 32.1 Å². The average Bonchev–Trinajstić information content (AvgIpc) is 3.84. The second-order valence-electron chi connectivity index (χ2n) is 13.6. The van der Waals surface area contributed by atoms with Crippen LogP contribution >= 0.6 is 0 Å². The summed E-state index contributed by atoms with van der Waals surface area (Å²) in [7, 11) is 0. The summed E-state index contributed by atoms with van der Waals surface area (Å²) in [6, 6.07) is 13.8. The fourth-order valence-electron chi connectivity index (χ4n) is 6.81. The Bertz CT molecular complexity index is 1290. The summed E-state index contributed by atoms with van der Waals surface area (Å²) in [5.41, 5.74) is 2.18. The number of ether oxygens (including phenoxy) is 4. The van der Waals surface area contributed by atoms with Crippen molar-refractivity contribution in [2.75, 3.05) is 26.4 Å². The number of rotatable bonds is 23. The molecule has 2 aromatic heterocycles. The number of carbonyl (C=O) groups is 1. The number of nitrogens with one attached hydrogen (secondary N) is 1. The number of carbonyl (C=O) groups excluding carboxylic acids is 1. The van der Waals surface area contributed by atoms with Crippen molar-refractivity contribution in [3.63, 3.8) is 0 Å². The van der Waals surface area contributed by atoms with E-state index >= 15 is 0 Å². The molecule has 10 heteroatoms. The van der Waals surface area contributed by atoms with Crippen LogP contribution < -0.4 is 5.32 Å². The monoisotopic (exact) mass is 678 g/mol. The molecule has 0 radical (unpaired) electrons. The van der Waals surface area contributed by atoms with Crippen LogP contribution in [0.15, 0.2) is 59.3 Å². The zero-order valence-electron chi connectivity index (χ0n) is 29.4.